The number of amides is 1. The maximum atomic E-state index is 12.9. The van der Waals surface area contributed by atoms with Crippen LogP contribution in [-0.2, 0) is 14.3 Å². The molecule has 1 aromatic carbocycles. The van der Waals surface area contributed by atoms with Gasteiger partial charge in [0.25, 0.3) is 5.91 Å². The van der Waals surface area contributed by atoms with Gasteiger partial charge >= 0.3 is 0 Å². The maximum Gasteiger partial charge on any atom is 0.298 e. The molecule has 0 bridgehead atoms. The minimum absolute atomic E-state index is 0.213. The highest BCUT2D eigenvalue weighted by Crippen LogP contribution is 2.32. The minimum atomic E-state index is -0.213. The second-order valence-electron chi connectivity index (χ2n) is 6.39. The largest absolute Gasteiger partial charge is 0.494 e. The Bertz CT molecular complexity index is 813. The van der Waals surface area contributed by atoms with Crippen LogP contribution in [0, 0.1) is 13.8 Å². The van der Waals surface area contributed by atoms with Crippen LogP contribution >= 0.6 is 11.3 Å². The van der Waals surface area contributed by atoms with E-state index in [0.29, 0.717) is 24.9 Å². The summed E-state index contributed by atoms with van der Waals surface area (Å²) in [5.74, 6) is 0.0205. The lowest BCUT2D eigenvalue weighted by Gasteiger charge is -2.24. The SMILES string of the molecule is Cc1cc(C)c2nc(N(CCN(C)C)C(=O)C3=COCCO3)sc2c1. The molecule has 1 aliphatic heterocycles. The summed E-state index contributed by atoms with van der Waals surface area (Å²) < 4.78 is 11.8. The fraction of sp³-hybridized carbons (Fsp3) is 0.444. The summed E-state index contributed by atoms with van der Waals surface area (Å²) >= 11 is 1.53. The van der Waals surface area contributed by atoms with E-state index < -0.39 is 0 Å². The van der Waals surface area contributed by atoms with Crippen LogP contribution in [0.3, 0.4) is 0 Å². The Morgan fingerprint density at radius 1 is 1.24 bits per heavy atom. The third-order valence-corrected chi connectivity index (χ3v) is 4.95. The van der Waals surface area contributed by atoms with Gasteiger partial charge in [0, 0.05) is 13.1 Å². The predicted molar refractivity (Wildman–Crippen MR) is 100.0 cm³/mol. The predicted octanol–water partition coefficient (Wildman–Crippen LogP) is 2.70. The number of hydrogen-bond acceptors (Lipinski definition) is 6. The van der Waals surface area contributed by atoms with Crippen molar-refractivity contribution in [1.29, 1.82) is 0 Å². The Labute approximate surface area is 151 Å². The summed E-state index contributed by atoms with van der Waals surface area (Å²) in [7, 11) is 3.96. The summed E-state index contributed by atoms with van der Waals surface area (Å²) in [6, 6.07) is 4.22. The number of hydrogen-bond donors (Lipinski definition) is 0. The van der Waals surface area contributed by atoms with E-state index in [1.165, 1.54) is 23.2 Å². The number of carbonyl (C=O) groups is 1. The fourth-order valence-electron chi connectivity index (χ4n) is 2.67. The number of benzene rings is 1. The highest BCUT2D eigenvalue weighted by atomic mass is 32.1. The quantitative estimate of drug-likeness (QED) is 0.820. The van der Waals surface area contributed by atoms with Crippen molar-refractivity contribution in [1.82, 2.24) is 9.88 Å². The first-order chi connectivity index (χ1) is 12.0. The molecule has 0 aliphatic carbocycles. The van der Waals surface area contributed by atoms with E-state index in [4.69, 9.17) is 14.5 Å². The van der Waals surface area contributed by atoms with Crippen molar-refractivity contribution in [3.63, 3.8) is 0 Å². The summed E-state index contributed by atoms with van der Waals surface area (Å²) in [4.78, 5) is 21.4. The second kappa shape index (κ2) is 7.41. The van der Waals surface area contributed by atoms with Gasteiger partial charge in [-0.05, 0) is 45.1 Å². The van der Waals surface area contributed by atoms with E-state index >= 15 is 0 Å². The molecule has 6 nitrogen and oxygen atoms in total. The molecular formula is C18H23N3O3S. The van der Waals surface area contributed by atoms with Gasteiger partial charge in [0.15, 0.2) is 5.13 Å². The molecule has 0 fully saturated rings. The summed E-state index contributed by atoms with van der Waals surface area (Å²) in [5.41, 5.74) is 3.26. The zero-order valence-corrected chi connectivity index (χ0v) is 15.9. The van der Waals surface area contributed by atoms with E-state index in [9.17, 15) is 4.79 Å². The molecule has 1 aliphatic rings. The monoisotopic (exact) mass is 361 g/mol. The maximum absolute atomic E-state index is 12.9. The molecule has 0 unspecified atom stereocenters. The van der Waals surface area contributed by atoms with Gasteiger partial charge in [-0.3, -0.25) is 9.69 Å². The number of aryl methyl sites for hydroxylation is 2. The highest BCUT2D eigenvalue weighted by molar-refractivity contribution is 7.22. The van der Waals surface area contributed by atoms with Crippen LogP contribution in [0.5, 0.6) is 0 Å². The van der Waals surface area contributed by atoms with Crippen LogP contribution in [-0.4, -0.2) is 56.2 Å². The lowest BCUT2D eigenvalue weighted by molar-refractivity contribution is -0.119. The first-order valence-corrected chi connectivity index (χ1v) is 9.06. The summed E-state index contributed by atoms with van der Waals surface area (Å²) in [6.07, 6.45) is 1.40. The smallest absolute Gasteiger partial charge is 0.298 e. The third-order valence-electron chi connectivity index (χ3n) is 3.93. The molecule has 0 atom stereocenters. The Hall–Kier alpha value is -2.12. The zero-order chi connectivity index (χ0) is 18.0. The number of aromatic nitrogens is 1. The van der Waals surface area contributed by atoms with Gasteiger partial charge in [0.2, 0.25) is 5.76 Å². The molecular weight excluding hydrogens is 338 g/mol. The number of carbonyl (C=O) groups excluding carboxylic acids is 1. The Kier molecular flexibility index (Phi) is 5.24. The van der Waals surface area contributed by atoms with E-state index in [0.717, 1.165) is 22.3 Å². The van der Waals surface area contributed by atoms with Crippen LogP contribution in [0.4, 0.5) is 5.13 Å². The molecule has 7 heteroatoms. The molecule has 0 N–H and O–H groups in total. The summed E-state index contributed by atoms with van der Waals surface area (Å²) in [6.45, 7) is 6.23. The van der Waals surface area contributed by atoms with Gasteiger partial charge in [-0.1, -0.05) is 17.4 Å². The van der Waals surface area contributed by atoms with Crippen molar-refractivity contribution in [3.8, 4) is 0 Å². The minimum Gasteiger partial charge on any atom is -0.494 e. The van der Waals surface area contributed by atoms with E-state index in [1.807, 2.05) is 25.9 Å². The van der Waals surface area contributed by atoms with Gasteiger partial charge in [0.05, 0.1) is 10.2 Å². The fourth-order valence-corrected chi connectivity index (χ4v) is 3.84. The number of anilines is 1. The van der Waals surface area contributed by atoms with Gasteiger partial charge < -0.3 is 14.4 Å². The molecule has 0 saturated carbocycles. The van der Waals surface area contributed by atoms with Crippen molar-refractivity contribution >= 4 is 32.6 Å². The van der Waals surface area contributed by atoms with Crippen molar-refractivity contribution in [2.75, 3.05) is 45.3 Å². The first kappa shape index (κ1) is 17.7. The molecule has 2 aromatic rings. The number of ether oxygens (including phenoxy) is 2. The van der Waals surface area contributed by atoms with E-state index in [1.54, 1.807) is 4.90 Å². The first-order valence-electron chi connectivity index (χ1n) is 8.24. The van der Waals surface area contributed by atoms with E-state index in [-0.39, 0.29) is 11.7 Å². The number of thiazole rings is 1. The van der Waals surface area contributed by atoms with Gasteiger partial charge in [-0.25, -0.2) is 4.98 Å². The van der Waals surface area contributed by atoms with Crippen LogP contribution < -0.4 is 4.90 Å². The average Bonchev–Trinajstić information content (AvgIpc) is 2.99. The average molecular weight is 361 g/mol. The second-order valence-corrected chi connectivity index (χ2v) is 7.40. The van der Waals surface area contributed by atoms with Gasteiger partial charge in [-0.15, -0.1) is 0 Å². The molecule has 1 aromatic heterocycles. The lowest BCUT2D eigenvalue weighted by atomic mass is 10.1. The lowest BCUT2D eigenvalue weighted by Crippen LogP contribution is -2.38. The topological polar surface area (TPSA) is 54.9 Å². The summed E-state index contributed by atoms with van der Waals surface area (Å²) in [5, 5.41) is 0.686. The van der Waals surface area contributed by atoms with Crippen molar-refractivity contribution in [2.45, 2.75) is 13.8 Å². The highest BCUT2D eigenvalue weighted by Gasteiger charge is 2.26. The van der Waals surface area contributed by atoms with Crippen LogP contribution in [0.15, 0.2) is 24.2 Å². The third kappa shape index (κ3) is 3.93. The molecule has 25 heavy (non-hydrogen) atoms. The Balaban J connectivity index is 1.97. The molecule has 134 valence electrons. The Morgan fingerprint density at radius 2 is 2.04 bits per heavy atom. The van der Waals surface area contributed by atoms with Gasteiger partial charge in [0.1, 0.15) is 19.5 Å². The van der Waals surface area contributed by atoms with Crippen molar-refractivity contribution in [2.24, 2.45) is 0 Å². The molecule has 2 heterocycles. The normalized spacial score (nSPS) is 14.2. The molecule has 0 spiro atoms. The molecule has 0 saturated heterocycles. The van der Waals surface area contributed by atoms with Crippen LogP contribution in [0.2, 0.25) is 0 Å². The Morgan fingerprint density at radius 3 is 2.72 bits per heavy atom. The number of rotatable bonds is 5. The number of nitrogens with zero attached hydrogens (tertiary/aromatic N) is 3. The van der Waals surface area contributed by atoms with Crippen molar-refractivity contribution in [3.05, 3.63) is 35.3 Å². The van der Waals surface area contributed by atoms with Crippen LogP contribution in [0.1, 0.15) is 11.1 Å². The number of likely N-dealkylation sites (N-methyl/N-ethyl adjacent to an activating group) is 1. The standard InChI is InChI=1S/C18H23N3O3S/c1-12-9-13(2)16-15(10-12)25-18(19-16)21(6-5-20(3)4)17(22)14-11-23-7-8-24-14/h9-11H,5-8H2,1-4H3. The van der Waals surface area contributed by atoms with E-state index in [2.05, 4.69) is 19.1 Å². The van der Waals surface area contributed by atoms with Gasteiger partial charge in [-0.2, -0.15) is 0 Å². The molecule has 1 amide bonds. The van der Waals surface area contributed by atoms with Crippen molar-refractivity contribution < 1.29 is 14.3 Å². The zero-order valence-electron chi connectivity index (χ0n) is 15.0. The number of fused-ring (bicyclic) bond motifs is 1. The molecule has 3 rings (SSSR count). The van der Waals surface area contributed by atoms with Crippen LogP contribution in [0.25, 0.3) is 10.2 Å². The molecule has 0 radical (unpaired) electrons.